The van der Waals surface area contributed by atoms with Gasteiger partial charge in [-0.05, 0) is 55.3 Å². The Balaban J connectivity index is 1.75. The predicted molar refractivity (Wildman–Crippen MR) is 78.6 cm³/mol. The summed E-state index contributed by atoms with van der Waals surface area (Å²) in [6, 6.07) is 8.28. The lowest BCUT2D eigenvalue weighted by atomic mass is 9.92. The highest BCUT2D eigenvalue weighted by Gasteiger charge is 2.20. The molecule has 1 heterocycles. The second-order valence-corrected chi connectivity index (χ2v) is 6.05. The van der Waals surface area contributed by atoms with Gasteiger partial charge in [-0.25, -0.2) is 0 Å². The zero-order valence-corrected chi connectivity index (χ0v) is 11.7. The smallest absolute Gasteiger partial charge is 0.0316 e. The van der Waals surface area contributed by atoms with Crippen molar-refractivity contribution in [3.63, 3.8) is 0 Å². The van der Waals surface area contributed by atoms with Crippen LogP contribution in [0.4, 0.5) is 5.69 Å². The summed E-state index contributed by atoms with van der Waals surface area (Å²) in [5.41, 5.74) is 8.05. The first-order valence-corrected chi connectivity index (χ1v) is 7.20. The quantitative estimate of drug-likeness (QED) is 0.827. The summed E-state index contributed by atoms with van der Waals surface area (Å²) >= 11 is 0. The molecule has 18 heavy (non-hydrogen) atoms. The average Bonchev–Trinajstić information content (AvgIpc) is 2.27. The van der Waals surface area contributed by atoms with Crippen molar-refractivity contribution in [1.82, 2.24) is 4.90 Å². The van der Waals surface area contributed by atoms with E-state index in [9.17, 15) is 0 Å². The molecule has 2 atom stereocenters. The minimum absolute atomic E-state index is 0.862. The molecule has 2 unspecified atom stereocenters. The van der Waals surface area contributed by atoms with Crippen LogP contribution in [0.2, 0.25) is 0 Å². The maximum Gasteiger partial charge on any atom is 0.0316 e. The maximum atomic E-state index is 5.80. The van der Waals surface area contributed by atoms with Crippen LogP contribution in [-0.4, -0.2) is 24.5 Å². The highest BCUT2D eigenvalue weighted by Crippen LogP contribution is 2.21. The third-order valence-electron chi connectivity index (χ3n) is 3.84. The van der Waals surface area contributed by atoms with E-state index in [0.29, 0.717) is 0 Å². The predicted octanol–water partition coefficient (Wildman–Crippen LogP) is 3.18. The fraction of sp³-hybridized carbons (Fsp3) is 0.625. The van der Waals surface area contributed by atoms with E-state index in [4.69, 9.17) is 5.73 Å². The van der Waals surface area contributed by atoms with Crippen LogP contribution in [0, 0.1) is 11.8 Å². The molecule has 1 aromatic carbocycles. The minimum Gasteiger partial charge on any atom is -0.399 e. The van der Waals surface area contributed by atoms with E-state index in [1.165, 1.54) is 38.0 Å². The highest BCUT2D eigenvalue weighted by atomic mass is 15.1. The number of piperidine rings is 1. The number of anilines is 1. The van der Waals surface area contributed by atoms with E-state index in [1.807, 2.05) is 6.07 Å². The lowest BCUT2D eigenvalue weighted by molar-refractivity contribution is 0.140. The summed E-state index contributed by atoms with van der Waals surface area (Å²) in [5.74, 6) is 1.72. The van der Waals surface area contributed by atoms with Crippen molar-refractivity contribution in [1.29, 1.82) is 0 Å². The van der Waals surface area contributed by atoms with Crippen molar-refractivity contribution in [2.24, 2.45) is 11.8 Å². The number of rotatable bonds is 4. The van der Waals surface area contributed by atoms with Crippen molar-refractivity contribution in [3.05, 3.63) is 29.8 Å². The Labute approximate surface area is 111 Å². The molecule has 0 saturated carbocycles. The first-order valence-electron chi connectivity index (χ1n) is 7.20. The van der Waals surface area contributed by atoms with E-state index < -0.39 is 0 Å². The summed E-state index contributed by atoms with van der Waals surface area (Å²) in [4.78, 5) is 2.63. The maximum absolute atomic E-state index is 5.80. The van der Waals surface area contributed by atoms with Crippen molar-refractivity contribution in [3.8, 4) is 0 Å². The molecule has 0 aliphatic carbocycles. The zero-order chi connectivity index (χ0) is 13.0. The second kappa shape index (κ2) is 6.24. The van der Waals surface area contributed by atoms with E-state index in [-0.39, 0.29) is 0 Å². The highest BCUT2D eigenvalue weighted by molar-refractivity contribution is 5.40. The van der Waals surface area contributed by atoms with Gasteiger partial charge in [0.2, 0.25) is 0 Å². The Kier molecular flexibility index (Phi) is 4.65. The molecule has 2 nitrogen and oxygen atoms in total. The Morgan fingerprint density at radius 2 is 1.94 bits per heavy atom. The summed E-state index contributed by atoms with van der Waals surface area (Å²) in [5, 5.41) is 0. The van der Waals surface area contributed by atoms with Gasteiger partial charge < -0.3 is 10.6 Å². The fourth-order valence-corrected chi connectivity index (χ4v) is 3.23. The van der Waals surface area contributed by atoms with Crippen molar-refractivity contribution >= 4 is 5.69 Å². The molecule has 2 heteroatoms. The monoisotopic (exact) mass is 246 g/mol. The molecular formula is C16H26N2. The van der Waals surface area contributed by atoms with E-state index in [0.717, 1.165) is 23.9 Å². The molecule has 1 aromatic rings. The number of nitrogen functional groups attached to an aromatic ring is 1. The standard InChI is InChI=1S/C16H26N2/c1-13-9-14(2)12-18(11-13)8-4-6-15-5-3-7-16(17)10-15/h3,5,7,10,13-14H,4,6,8-9,11-12,17H2,1-2H3. The minimum atomic E-state index is 0.862. The molecule has 1 aliphatic heterocycles. The van der Waals surface area contributed by atoms with Crippen molar-refractivity contribution < 1.29 is 0 Å². The molecule has 2 rings (SSSR count). The van der Waals surface area contributed by atoms with E-state index in [2.05, 4.69) is 36.9 Å². The summed E-state index contributed by atoms with van der Waals surface area (Å²) in [6.07, 6.45) is 3.78. The molecule has 1 fully saturated rings. The van der Waals surface area contributed by atoms with Gasteiger partial charge in [0.15, 0.2) is 0 Å². The third kappa shape index (κ3) is 4.02. The molecule has 2 N–H and O–H groups in total. The average molecular weight is 246 g/mol. The van der Waals surface area contributed by atoms with Crippen LogP contribution >= 0.6 is 0 Å². The Bertz CT molecular complexity index is 365. The van der Waals surface area contributed by atoms with Gasteiger partial charge in [-0.1, -0.05) is 26.0 Å². The van der Waals surface area contributed by atoms with Crippen LogP contribution in [0.25, 0.3) is 0 Å². The Morgan fingerprint density at radius 3 is 2.61 bits per heavy atom. The topological polar surface area (TPSA) is 29.3 Å². The largest absolute Gasteiger partial charge is 0.399 e. The van der Waals surface area contributed by atoms with Gasteiger partial charge >= 0.3 is 0 Å². The normalized spacial score (nSPS) is 25.2. The van der Waals surface area contributed by atoms with Gasteiger partial charge in [0.25, 0.3) is 0 Å². The van der Waals surface area contributed by atoms with Crippen LogP contribution in [0.5, 0.6) is 0 Å². The van der Waals surface area contributed by atoms with Gasteiger partial charge in [0, 0.05) is 18.8 Å². The number of hydrogen-bond acceptors (Lipinski definition) is 2. The van der Waals surface area contributed by atoms with Crippen molar-refractivity contribution in [2.45, 2.75) is 33.1 Å². The number of nitrogens with zero attached hydrogens (tertiary/aromatic N) is 1. The molecule has 100 valence electrons. The first kappa shape index (κ1) is 13.4. The zero-order valence-electron chi connectivity index (χ0n) is 11.7. The third-order valence-corrected chi connectivity index (χ3v) is 3.84. The molecule has 0 amide bonds. The summed E-state index contributed by atoms with van der Waals surface area (Å²) in [7, 11) is 0. The Hall–Kier alpha value is -1.02. The van der Waals surface area contributed by atoms with Crippen molar-refractivity contribution in [2.75, 3.05) is 25.4 Å². The van der Waals surface area contributed by atoms with Crippen LogP contribution < -0.4 is 5.73 Å². The first-order chi connectivity index (χ1) is 8.63. The second-order valence-electron chi connectivity index (χ2n) is 6.05. The van der Waals surface area contributed by atoms with Gasteiger partial charge in [0.05, 0.1) is 0 Å². The molecule has 0 radical (unpaired) electrons. The van der Waals surface area contributed by atoms with E-state index in [1.54, 1.807) is 0 Å². The van der Waals surface area contributed by atoms with Crippen LogP contribution in [0.1, 0.15) is 32.3 Å². The molecule has 0 bridgehead atoms. The fourth-order valence-electron chi connectivity index (χ4n) is 3.23. The van der Waals surface area contributed by atoms with Gasteiger partial charge in [-0.3, -0.25) is 0 Å². The van der Waals surface area contributed by atoms with E-state index >= 15 is 0 Å². The number of hydrogen-bond donors (Lipinski definition) is 1. The van der Waals surface area contributed by atoms with Crippen LogP contribution in [0.3, 0.4) is 0 Å². The molecule has 1 aliphatic rings. The lowest BCUT2D eigenvalue weighted by Crippen LogP contribution is -2.39. The summed E-state index contributed by atoms with van der Waals surface area (Å²) in [6.45, 7) is 8.53. The van der Waals surface area contributed by atoms with Gasteiger partial charge in [0.1, 0.15) is 0 Å². The molecular weight excluding hydrogens is 220 g/mol. The molecule has 0 spiro atoms. The number of benzene rings is 1. The molecule has 1 saturated heterocycles. The van der Waals surface area contributed by atoms with Crippen LogP contribution in [-0.2, 0) is 6.42 Å². The summed E-state index contributed by atoms with van der Waals surface area (Å²) < 4.78 is 0. The molecule has 0 aromatic heterocycles. The Morgan fingerprint density at radius 1 is 1.22 bits per heavy atom. The van der Waals surface area contributed by atoms with Crippen LogP contribution in [0.15, 0.2) is 24.3 Å². The van der Waals surface area contributed by atoms with Gasteiger partial charge in [-0.15, -0.1) is 0 Å². The number of nitrogens with two attached hydrogens (primary N) is 1. The SMILES string of the molecule is CC1CC(C)CN(CCCc2cccc(N)c2)C1. The number of likely N-dealkylation sites (tertiary alicyclic amines) is 1. The van der Waals surface area contributed by atoms with Gasteiger partial charge in [-0.2, -0.15) is 0 Å². The lowest BCUT2D eigenvalue weighted by Gasteiger charge is -2.34. The number of aryl methyl sites for hydroxylation is 1.